The standard InChI is InChI=1S/C21H28O/c1-12-11-15-5-6-16-17(20(15)14(3)13(12)2)9-10-21(4)18(16)7-8-19(21)22/h11,16-18H,5-10H2,1-4H3. The zero-order valence-electron chi connectivity index (χ0n) is 14.5. The molecule has 0 amide bonds. The number of fused-ring (bicyclic) bond motifs is 5. The van der Waals surface area contributed by atoms with Crippen LogP contribution in [-0.2, 0) is 11.2 Å². The van der Waals surface area contributed by atoms with Gasteiger partial charge in [-0.15, -0.1) is 0 Å². The lowest BCUT2D eigenvalue weighted by Crippen LogP contribution is -2.42. The molecule has 0 radical (unpaired) electrons. The van der Waals surface area contributed by atoms with Gasteiger partial charge in [-0.05, 0) is 98.4 Å². The van der Waals surface area contributed by atoms with Gasteiger partial charge >= 0.3 is 0 Å². The highest BCUT2D eigenvalue weighted by Gasteiger charge is 2.54. The molecule has 1 heteroatoms. The fourth-order valence-corrected chi connectivity index (χ4v) is 6.05. The van der Waals surface area contributed by atoms with Crippen molar-refractivity contribution in [2.45, 2.75) is 72.1 Å². The summed E-state index contributed by atoms with van der Waals surface area (Å²) in [4.78, 5) is 12.4. The van der Waals surface area contributed by atoms with Crippen LogP contribution in [-0.4, -0.2) is 5.78 Å². The van der Waals surface area contributed by atoms with Gasteiger partial charge in [0.05, 0.1) is 0 Å². The second-order valence-electron chi connectivity index (χ2n) is 8.35. The van der Waals surface area contributed by atoms with Crippen LogP contribution in [0.1, 0.15) is 72.8 Å². The third-order valence-electron chi connectivity index (χ3n) is 7.56. The summed E-state index contributed by atoms with van der Waals surface area (Å²) in [5.41, 5.74) is 7.75. The highest BCUT2D eigenvalue weighted by molar-refractivity contribution is 5.87. The summed E-state index contributed by atoms with van der Waals surface area (Å²) in [6, 6.07) is 2.45. The number of carbonyl (C=O) groups is 1. The number of rotatable bonds is 0. The first-order valence-corrected chi connectivity index (χ1v) is 9.06. The Hall–Kier alpha value is -1.11. The molecule has 0 aliphatic heterocycles. The van der Waals surface area contributed by atoms with Crippen LogP contribution in [0.25, 0.3) is 0 Å². The van der Waals surface area contributed by atoms with E-state index >= 15 is 0 Å². The fraction of sp³-hybridized carbons (Fsp3) is 0.667. The van der Waals surface area contributed by atoms with Gasteiger partial charge in [-0.2, -0.15) is 0 Å². The molecule has 0 spiro atoms. The van der Waals surface area contributed by atoms with Crippen molar-refractivity contribution >= 4 is 5.78 Å². The lowest BCUT2D eigenvalue weighted by Gasteiger charge is -2.49. The molecular formula is C21H28O. The monoisotopic (exact) mass is 296 g/mol. The number of benzene rings is 1. The van der Waals surface area contributed by atoms with Crippen LogP contribution in [0, 0.1) is 38.0 Å². The molecule has 1 nitrogen and oxygen atoms in total. The zero-order valence-corrected chi connectivity index (χ0v) is 14.5. The van der Waals surface area contributed by atoms with Crippen molar-refractivity contribution in [1.82, 2.24) is 0 Å². The molecule has 2 saturated carbocycles. The van der Waals surface area contributed by atoms with Crippen molar-refractivity contribution in [1.29, 1.82) is 0 Å². The molecule has 118 valence electrons. The van der Waals surface area contributed by atoms with E-state index in [1.807, 2.05) is 0 Å². The Morgan fingerprint density at radius 3 is 2.59 bits per heavy atom. The van der Waals surface area contributed by atoms with Crippen LogP contribution in [0.5, 0.6) is 0 Å². The molecular weight excluding hydrogens is 268 g/mol. The van der Waals surface area contributed by atoms with Gasteiger partial charge in [0.1, 0.15) is 5.78 Å². The van der Waals surface area contributed by atoms with E-state index in [4.69, 9.17) is 0 Å². The smallest absolute Gasteiger partial charge is 0.139 e. The SMILES string of the molecule is Cc1cc2c(c(C)c1C)C1CCC3(C)C(=O)CCC3C1CC2. The van der Waals surface area contributed by atoms with E-state index in [9.17, 15) is 4.79 Å². The number of hydrogen-bond acceptors (Lipinski definition) is 1. The number of carbonyl (C=O) groups excluding carboxylic acids is 1. The summed E-state index contributed by atoms with van der Waals surface area (Å²) >= 11 is 0. The maximum Gasteiger partial charge on any atom is 0.139 e. The molecule has 4 atom stereocenters. The lowest BCUT2D eigenvalue weighted by molar-refractivity contribution is -0.129. The van der Waals surface area contributed by atoms with Crippen molar-refractivity contribution < 1.29 is 4.79 Å². The number of aryl methyl sites for hydroxylation is 2. The van der Waals surface area contributed by atoms with Crippen molar-refractivity contribution in [2.75, 3.05) is 0 Å². The molecule has 3 aliphatic rings. The second kappa shape index (κ2) is 4.69. The Kier molecular flexibility index (Phi) is 3.09. The van der Waals surface area contributed by atoms with E-state index in [1.165, 1.54) is 36.0 Å². The van der Waals surface area contributed by atoms with Gasteiger partial charge in [-0.25, -0.2) is 0 Å². The normalized spacial score (nSPS) is 36.7. The fourth-order valence-electron chi connectivity index (χ4n) is 6.05. The first kappa shape index (κ1) is 14.5. The third-order valence-corrected chi connectivity index (χ3v) is 7.56. The quantitative estimate of drug-likeness (QED) is 0.655. The van der Waals surface area contributed by atoms with Gasteiger partial charge in [0.15, 0.2) is 0 Å². The molecule has 1 aromatic rings. The predicted molar refractivity (Wildman–Crippen MR) is 90.3 cm³/mol. The Labute approximate surface area is 134 Å². The van der Waals surface area contributed by atoms with E-state index in [0.29, 0.717) is 17.6 Å². The summed E-state index contributed by atoms with van der Waals surface area (Å²) in [6.07, 6.45) is 6.84. The number of Topliss-reactive ketones (excluding diaryl/α,β-unsaturated/α-hetero) is 1. The molecule has 2 fully saturated rings. The molecule has 22 heavy (non-hydrogen) atoms. The molecule has 0 aromatic heterocycles. The van der Waals surface area contributed by atoms with E-state index in [1.54, 1.807) is 11.1 Å². The Morgan fingerprint density at radius 1 is 1.05 bits per heavy atom. The van der Waals surface area contributed by atoms with Gasteiger partial charge in [-0.3, -0.25) is 4.79 Å². The van der Waals surface area contributed by atoms with Crippen molar-refractivity contribution in [3.63, 3.8) is 0 Å². The van der Waals surface area contributed by atoms with E-state index in [2.05, 4.69) is 33.8 Å². The minimum atomic E-state index is 0.00627. The van der Waals surface area contributed by atoms with Crippen LogP contribution >= 0.6 is 0 Å². The molecule has 3 aliphatic carbocycles. The summed E-state index contributed by atoms with van der Waals surface area (Å²) in [6.45, 7) is 9.13. The van der Waals surface area contributed by atoms with Crippen molar-refractivity contribution in [3.05, 3.63) is 33.9 Å². The lowest BCUT2D eigenvalue weighted by atomic mass is 9.55. The van der Waals surface area contributed by atoms with Gasteiger partial charge in [0, 0.05) is 11.8 Å². The molecule has 0 saturated heterocycles. The first-order valence-electron chi connectivity index (χ1n) is 9.06. The first-order chi connectivity index (χ1) is 10.4. The molecule has 0 bridgehead atoms. The van der Waals surface area contributed by atoms with Crippen LogP contribution in [0.15, 0.2) is 6.07 Å². The molecule has 4 rings (SSSR count). The molecule has 1 aromatic carbocycles. The van der Waals surface area contributed by atoms with E-state index in [-0.39, 0.29) is 5.41 Å². The average Bonchev–Trinajstić information content (AvgIpc) is 2.80. The molecule has 0 heterocycles. The highest BCUT2D eigenvalue weighted by Crippen LogP contribution is 2.60. The van der Waals surface area contributed by atoms with Crippen LogP contribution in [0.2, 0.25) is 0 Å². The van der Waals surface area contributed by atoms with Crippen LogP contribution < -0.4 is 0 Å². The highest BCUT2D eigenvalue weighted by atomic mass is 16.1. The number of ketones is 1. The van der Waals surface area contributed by atoms with Gasteiger partial charge in [0.2, 0.25) is 0 Å². The summed E-state index contributed by atoms with van der Waals surface area (Å²) < 4.78 is 0. The van der Waals surface area contributed by atoms with E-state index < -0.39 is 0 Å². The largest absolute Gasteiger partial charge is 0.299 e. The Balaban J connectivity index is 1.79. The maximum atomic E-state index is 12.4. The van der Waals surface area contributed by atoms with Crippen molar-refractivity contribution in [3.8, 4) is 0 Å². The van der Waals surface area contributed by atoms with Crippen LogP contribution in [0.4, 0.5) is 0 Å². The van der Waals surface area contributed by atoms with Gasteiger partial charge in [0.25, 0.3) is 0 Å². The predicted octanol–water partition coefficient (Wildman–Crippen LogP) is 5.04. The van der Waals surface area contributed by atoms with Crippen molar-refractivity contribution in [2.24, 2.45) is 17.3 Å². The maximum absolute atomic E-state index is 12.4. The average molecular weight is 296 g/mol. The van der Waals surface area contributed by atoms with Crippen LogP contribution in [0.3, 0.4) is 0 Å². The topological polar surface area (TPSA) is 17.1 Å². The van der Waals surface area contributed by atoms with Gasteiger partial charge < -0.3 is 0 Å². The Bertz CT molecular complexity index is 656. The summed E-state index contributed by atoms with van der Waals surface area (Å²) in [5.74, 6) is 2.66. The second-order valence-corrected chi connectivity index (χ2v) is 8.35. The Morgan fingerprint density at radius 2 is 1.82 bits per heavy atom. The number of hydrogen-bond donors (Lipinski definition) is 0. The summed E-state index contributed by atoms with van der Waals surface area (Å²) in [5, 5.41) is 0. The third kappa shape index (κ3) is 1.74. The molecule has 0 N–H and O–H groups in total. The minimum Gasteiger partial charge on any atom is -0.299 e. The summed E-state index contributed by atoms with van der Waals surface area (Å²) in [7, 11) is 0. The van der Waals surface area contributed by atoms with E-state index in [0.717, 1.165) is 25.2 Å². The zero-order chi connectivity index (χ0) is 15.6. The van der Waals surface area contributed by atoms with Gasteiger partial charge in [-0.1, -0.05) is 13.0 Å². The molecule has 4 unspecified atom stereocenters. The minimum absolute atomic E-state index is 0.00627.